The fourth-order valence-electron chi connectivity index (χ4n) is 1.35. The third kappa shape index (κ3) is 3.77. The molecule has 1 rings (SSSR count). The zero-order chi connectivity index (χ0) is 13.9. The largest absolute Gasteiger partial charge is 0.417 e. The molecule has 5 heteroatoms. The molecule has 0 aliphatic rings. The maximum Gasteiger partial charge on any atom is 0.417 e. The Morgan fingerprint density at radius 2 is 2.00 bits per heavy atom. The van der Waals surface area contributed by atoms with Crippen LogP contribution in [0.5, 0.6) is 0 Å². The van der Waals surface area contributed by atoms with E-state index in [9.17, 15) is 13.2 Å². The number of halogens is 4. The first-order chi connectivity index (χ1) is 8.25. The fourth-order valence-corrected chi connectivity index (χ4v) is 2.03. The van der Waals surface area contributed by atoms with E-state index in [1.807, 2.05) is 13.8 Å². The standard InChI is InChI=1S/C13H15BrF3N/c1-4-8(2)7-18-12-6-10(13(15,16)17)11(14)5-9(12)3/h5-7,18H,4H2,1-3H3/b8-7+. The lowest BCUT2D eigenvalue weighted by atomic mass is 10.1. The van der Waals surface area contributed by atoms with Gasteiger partial charge in [0.25, 0.3) is 0 Å². The lowest BCUT2D eigenvalue weighted by Crippen LogP contribution is -2.07. The molecule has 0 aliphatic heterocycles. The van der Waals surface area contributed by atoms with Crippen molar-refractivity contribution in [3.63, 3.8) is 0 Å². The average Bonchev–Trinajstić information content (AvgIpc) is 2.25. The van der Waals surface area contributed by atoms with E-state index in [4.69, 9.17) is 0 Å². The van der Waals surface area contributed by atoms with Crippen LogP contribution in [0.25, 0.3) is 0 Å². The molecular formula is C13H15BrF3N. The van der Waals surface area contributed by atoms with Crippen molar-refractivity contribution < 1.29 is 13.2 Å². The molecule has 0 saturated carbocycles. The smallest absolute Gasteiger partial charge is 0.362 e. The number of anilines is 1. The number of aryl methyl sites for hydroxylation is 1. The van der Waals surface area contributed by atoms with Gasteiger partial charge >= 0.3 is 6.18 Å². The first kappa shape index (κ1) is 15.1. The summed E-state index contributed by atoms with van der Waals surface area (Å²) in [5.74, 6) is 0. The normalized spacial score (nSPS) is 12.7. The molecule has 0 spiro atoms. The molecule has 0 aromatic heterocycles. The van der Waals surface area contributed by atoms with E-state index in [1.165, 1.54) is 6.07 Å². The highest BCUT2D eigenvalue weighted by molar-refractivity contribution is 9.10. The Bertz CT molecular complexity index is 464. The van der Waals surface area contributed by atoms with E-state index in [2.05, 4.69) is 21.2 Å². The van der Waals surface area contributed by atoms with Crippen LogP contribution in [0.4, 0.5) is 18.9 Å². The molecule has 18 heavy (non-hydrogen) atoms. The Morgan fingerprint density at radius 1 is 1.39 bits per heavy atom. The first-order valence-corrected chi connectivity index (χ1v) is 6.34. The summed E-state index contributed by atoms with van der Waals surface area (Å²) in [6, 6.07) is 2.60. The quantitative estimate of drug-likeness (QED) is 0.774. The highest BCUT2D eigenvalue weighted by Gasteiger charge is 2.33. The van der Waals surface area contributed by atoms with Gasteiger partial charge < -0.3 is 5.32 Å². The number of hydrogen-bond donors (Lipinski definition) is 1. The van der Waals surface area contributed by atoms with Gasteiger partial charge in [0.2, 0.25) is 0 Å². The minimum Gasteiger partial charge on any atom is -0.362 e. The monoisotopic (exact) mass is 321 g/mol. The van der Waals surface area contributed by atoms with Gasteiger partial charge in [0.05, 0.1) is 5.56 Å². The Kier molecular flexibility index (Phi) is 4.85. The Hall–Kier alpha value is -0.970. The minimum absolute atomic E-state index is 0.0641. The van der Waals surface area contributed by atoms with Crippen LogP contribution in [0, 0.1) is 6.92 Å². The van der Waals surface area contributed by atoms with Crippen LogP contribution in [-0.2, 0) is 6.18 Å². The van der Waals surface area contributed by atoms with Gasteiger partial charge in [-0.3, -0.25) is 0 Å². The second kappa shape index (κ2) is 5.78. The van der Waals surface area contributed by atoms with Crippen molar-refractivity contribution >= 4 is 21.6 Å². The maximum absolute atomic E-state index is 12.8. The molecule has 1 aromatic rings. The van der Waals surface area contributed by atoms with Gasteiger partial charge in [-0.05, 0) is 44.2 Å². The van der Waals surface area contributed by atoms with E-state index in [0.29, 0.717) is 5.69 Å². The zero-order valence-corrected chi connectivity index (χ0v) is 12.0. The number of benzene rings is 1. The third-order valence-corrected chi connectivity index (χ3v) is 3.31. The van der Waals surface area contributed by atoms with Gasteiger partial charge in [-0.15, -0.1) is 0 Å². The van der Waals surface area contributed by atoms with Crippen LogP contribution in [0.15, 0.2) is 28.4 Å². The molecule has 0 atom stereocenters. The molecular weight excluding hydrogens is 307 g/mol. The van der Waals surface area contributed by atoms with E-state index < -0.39 is 11.7 Å². The molecule has 0 radical (unpaired) electrons. The van der Waals surface area contributed by atoms with Crippen molar-refractivity contribution in [2.75, 3.05) is 5.32 Å². The fraction of sp³-hybridized carbons (Fsp3) is 0.385. The summed E-state index contributed by atoms with van der Waals surface area (Å²) in [6.07, 6.45) is -1.77. The number of rotatable bonds is 3. The van der Waals surface area contributed by atoms with Crippen molar-refractivity contribution in [3.05, 3.63) is 39.5 Å². The Balaban J connectivity index is 3.14. The summed E-state index contributed by atoms with van der Waals surface area (Å²) in [6.45, 7) is 5.68. The van der Waals surface area contributed by atoms with Crippen molar-refractivity contribution in [3.8, 4) is 0 Å². The molecule has 0 aliphatic carbocycles. The summed E-state index contributed by atoms with van der Waals surface area (Å²) in [5, 5.41) is 2.92. The lowest BCUT2D eigenvalue weighted by Gasteiger charge is -2.14. The summed E-state index contributed by atoms with van der Waals surface area (Å²) in [7, 11) is 0. The average molecular weight is 322 g/mol. The summed E-state index contributed by atoms with van der Waals surface area (Å²) in [4.78, 5) is 0. The van der Waals surface area contributed by atoms with Gasteiger partial charge in [-0.1, -0.05) is 28.4 Å². The molecule has 1 aromatic carbocycles. The van der Waals surface area contributed by atoms with Crippen LogP contribution in [0.3, 0.4) is 0 Å². The van der Waals surface area contributed by atoms with Gasteiger partial charge in [0.15, 0.2) is 0 Å². The van der Waals surface area contributed by atoms with Crippen molar-refractivity contribution in [2.24, 2.45) is 0 Å². The van der Waals surface area contributed by atoms with Crippen LogP contribution >= 0.6 is 15.9 Å². The first-order valence-electron chi connectivity index (χ1n) is 5.55. The van der Waals surface area contributed by atoms with E-state index in [-0.39, 0.29) is 4.47 Å². The zero-order valence-electron chi connectivity index (χ0n) is 10.5. The minimum atomic E-state index is -4.35. The lowest BCUT2D eigenvalue weighted by molar-refractivity contribution is -0.138. The number of nitrogens with one attached hydrogen (secondary N) is 1. The van der Waals surface area contributed by atoms with Crippen LogP contribution in [-0.4, -0.2) is 0 Å². The molecule has 1 N–H and O–H groups in total. The van der Waals surface area contributed by atoms with Gasteiger partial charge in [-0.2, -0.15) is 13.2 Å². The maximum atomic E-state index is 12.8. The Labute approximate surface area is 113 Å². The second-order valence-corrected chi connectivity index (χ2v) is 4.99. The highest BCUT2D eigenvalue weighted by atomic mass is 79.9. The third-order valence-electron chi connectivity index (χ3n) is 2.65. The summed E-state index contributed by atoms with van der Waals surface area (Å²) < 4.78 is 38.3. The Morgan fingerprint density at radius 3 is 2.50 bits per heavy atom. The molecule has 1 nitrogen and oxygen atoms in total. The summed E-state index contributed by atoms with van der Waals surface area (Å²) >= 11 is 2.95. The second-order valence-electron chi connectivity index (χ2n) is 4.13. The van der Waals surface area contributed by atoms with E-state index in [0.717, 1.165) is 23.6 Å². The number of allylic oxidation sites excluding steroid dienone is 1. The van der Waals surface area contributed by atoms with E-state index in [1.54, 1.807) is 13.1 Å². The van der Waals surface area contributed by atoms with Crippen molar-refractivity contribution in [1.29, 1.82) is 0 Å². The predicted octanol–water partition coefficient (Wildman–Crippen LogP) is 5.50. The molecule has 0 unspecified atom stereocenters. The molecule has 0 amide bonds. The van der Waals surface area contributed by atoms with Gasteiger partial charge in [0, 0.05) is 10.2 Å². The summed E-state index contributed by atoms with van der Waals surface area (Å²) in [5.41, 5.74) is 1.64. The topological polar surface area (TPSA) is 12.0 Å². The highest BCUT2D eigenvalue weighted by Crippen LogP contribution is 2.37. The molecule has 0 bridgehead atoms. The molecule has 0 fully saturated rings. The van der Waals surface area contributed by atoms with Crippen LogP contribution < -0.4 is 5.32 Å². The van der Waals surface area contributed by atoms with Gasteiger partial charge in [-0.25, -0.2) is 0 Å². The van der Waals surface area contributed by atoms with Crippen LogP contribution in [0.1, 0.15) is 31.4 Å². The van der Waals surface area contributed by atoms with E-state index >= 15 is 0 Å². The molecule has 100 valence electrons. The van der Waals surface area contributed by atoms with Gasteiger partial charge in [0.1, 0.15) is 0 Å². The SMILES string of the molecule is CC/C(C)=C/Nc1cc(C(F)(F)F)c(Br)cc1C. The number of hydrogen-bond acceptors (Lipinski definition) is 1. The molecule has 0 heterocycles. The number of alkyl halides is 3. The predicted molar refractivity (Wildman–Crippen MR) is 71.6 cm³/mol. The van der Waals surface area contributed by atoms with Crippen molar-refractivity contribution in [2.45, 2.75) is 33.4 Å². The van der Waals surface area contributed by atoms with Crippen molar-refractivity contribution in [1.82, 2.24) is 0 Å². The van der Waals surface area contributed by atoms with Crippen LogP contribution in [0.2, 0.25) is 0 Å². The molecule has 0 saturated heterocycles.